The summed E-state index contributed by atoms with van der Waals surface area (Å²) in [6.45, 7) is 12.3. The van der Waals surface area contributed by atoms with Gasteiger partial charge in [-0.05, 0) is 64.3 Å². The molecule has 2 aromatic rings. The van der Waals surface area contributed by atoms with Crippen LogP contribution in [0, 0.1) is 34.6 Å². The zero-order valence-electron chi connectivity index (χ0n) is 14.8. The summed E-state index contributed by atoms with van der Waals surface area (Å²) in [5.74, 6) is 0.0472. The van der Waals surface area contributed by atoms with Gasteiger partial charge in [0.2, 0.25) is 5.91 Å². The molecule has 0 aromatic heterocycles. The number of aryl methyl sites for hydroxylation is 5. The number of rotatable bonds is 4. The van der Waals surface area contributed by atoms with Crippen LogP contribution in [0.3, 0.4) is 0 Å². The largest absolute Gasteiger partial charge is 0.325 e. The van der Waals surface area contributed by atoms with E-state index in [0.29, 0.717) is 0 Å². The summed E-state index contributed by atoms with van der Waals surface area (Å²) >= 11 is 1.61. The molecule has 23 heavy (non-hydrogen) atoms. The van der Waals surface area contributed by atoms with Gasteiger partial charge in [-0.2, -0.15) is 0 Å². The summed E-state index contributed by atoms with van der Waals surface area (Å²) < 4.78 is 0. The molecule has 0 spiro atoms. The van der Waals surface area contributed by atoms with Crippen LogP contribution >= 0.6 is 11.8 Å². The standard InChI is InChI=1S/C20H25NOS/c1-12-7-8-14(3)18(11-12)23-17(6)20(22)21-19-15(4)9-13(2)10-16(19)5/h7-11,17H,1-6H3,(H,21,22). The van der Waals surface area contributed by atoms with Crippen molar-refractivity contribution < 1.29 is 4.79 Å². The number of thioether (sulfide) groups is 1. The number of hydrogen-bond acceptors (Lipinski definition) is 2. The van der Waals surface area contributed by atoms with Crippen molar-refractivity contribution >= 4 is 23.4 Å². The summed E-state index contributed by atoms with van der Waals surface area (Å²) in [5.41, 5.74) is 6.81. The molecule has 0 fully saturated rings. The average molecular weight is 327 g/mol. The molecule has 0 heterocycles. The third-order valence-corrected chi connectivity index (χ3v) is 5.20. The lowest BCUT2D eigenvalue weighted by atomic mass is 10.1. The molecule has 2 rings (SSSR count). The van der Waals surface area contributed by atoms with E-state index >= 15 is 0 Å². The Morgan fingerprint density at radius 2 is 1.52 bits per heavy atom. The summed E-state index contributed by atoms with van der Waals surface area (Å²) in [6.07, 6.45) is 0. The van der Waals surface area contributed by atoms with Crippen LogP contribution in [0.15, 0.2) is 35.2 Å². The SMILES string of the molecule is Cc1cc(C)c(NC(=O)C(C)Sc2cc(C)ccc2C)c(C)c1. The van der Waals surface area contributed by atoms with Crippen LogP contribution in [0.25, 0.3) is 0 Å². The highest BCUT2D eigenvalue weighted by atomic mass is 32.2. The maximum absolute atomic E-state index is 12.6. The van der Waals surface area contributed by atoms with Gasteiger partial charge in [0.15, 0.2) is 0 Å². The second kappa shape index (κ2) is 7.22. The van der Waals surface area contributed by atoms with E-state index in [1.165, 1.54) is 21.6 Å². The van der Waals surface area contributed by atoms with Gasteiger partial charge in [-0.25, -0.2) is 0 Å². The van der Waals surface area contributed by atoms with E-state index in [1.54, 1.807) is 11.8 Å². The van der Waals surface area contributed by atoms with E-state index < -0.39 is 0 Å². The van der Waals surface area contributed by atoms with Gasteiger partial charge in [0.05, 0.1) is 5.25 Å². The quantitative estimate of drug-likeness (QED) is 0.767. The Hall–Kier alpha value is -1.74. The van der Waals surface area contributed by atoms with Crippen molar-refractivity contribution in [3.63, 3.8) is 0 Å². The fraction of sp³-hybridized carbons (Fsp3) is 0.350. The minimum Gasteiger partial charge on any atom is -0.325 e. The Kier molecular flexibility index (Phi) is 5.53. The van der Waals surface area contributed by atoms with E-state index in [9.17, 15) is 4.79 Å². The monoisotopic (exact) mass is 327 g/mol. The second-order valence-electron chi connectivity index (χ2n) is 6.29. The normalized spacial score (nSPS) is 12.1. The molecule has 1 N–H and O–H groups in total. The van der Waals surface area contributed by atoms with Crippen molar-refractivity contribution in [3.8, 4) is 0 Å². The van der Waals surface area contributed by atoms with E-state index in [2.05, 4.69) is 56.4 Å². The highest BCUT2D eigenvalue weighted by Gasteiger charge is 2.17. The number of nitrogens with one attached hydrogen (secondary N) is 1. The van der Waals surface area contributed by atoms with Gasteiger partial charge in [-0.15, -0.1) is 11.8 Å². The van der Waals surface area contributed by atoms with Crippen LogP contribution in [0.4, 0.5) is 5.69 Å². The average Bonchev–Trinajstić information content (AvgIpc) is 2.46. The number of hydrogen-bond donors (Lipinski definition) is 1. The molecule has 1 amide bonds. The third kappa shape index (κ3) is 4.38. The van der Waals surface area contributed by atoms with Crippen molar-refractivity contribution in [2.24, 2.45) is 0 Å². The minimum absolute atomic E-state index is 0.0472. The molecule has 0 aliphatic heterocycles. The van der Waals surface area contributed by atoms with Crippen LogP contribution in [-0.2, 0) is 4.79 Å². The molecule has 0 saturated carbocycles. The van der Waals surface area contributed by atoms with Gasteiger partial charge in [0.1, 0.15) is 0 Å². The summed E-state index contributed by atoms with van der Waals surface area (Å²) in [7, 11) is 0. The molecule has 2 aromatic carbocycles. The van der Waals surface area contributed by atoms with Crippen molar-refractivity contribution in [1.29, 1.82) is 0 Å². The Labute approximate surface area is 143 Å². The molecule has 0 bridgehead atoms. The molecule has 0 saturated heterocycles. The number of anilines is 1. The molecular weight excluding hydrogens is 302 g/mol. The number of amides is 1. The van der Waals surface area contributed by atoms with E-state index in [0.717, 1.165) is 16.8 Å². The number of carbonyl (C=O) groups is 1. The lowest BCUT2D eigenvalue weighted by Crippen LogP contribution is -2.23. The highest BCUT2D eigenvalue weighted by molar-refractivity contribution is 8.00. The van der Waals surface area contributed by atoms with Gasteiger partial charge in [-0.1, -0.05) is 35.4 Å². The van der Waals surface area contributed by atoms with Gasteiger partial charge in [0, 0.05) is 10.6 Å². The second-order valence-corrected chi connectivity index (χ2v) is 7.67. The van der Waals surface area contributed by atoms with Crippen LogP contribution in [0.5, 0.6) is 0 Å². The smallest absolute Gasteiger partial charge is 0.237 e. The maximum atomic E-state index is 12.6. The van der Waals surface area contributed by atoms with E-state index in [-0.39, 0.29) is 11.2 Å². The first-order valence-electron chi connectivity index (χ1n) is 7.90. The number of benzene rings is 2. The van der Waals surface area contributed by atoms with Gasteiger partial charge < -0.3 is 5.32 Å². The third-order valence-electron chi connectivity index (χ3n) is 3.94. The lowest BCUT2D eigenvalue weighted by Gasteiger charge is -2.17. The van der Waals surface area contributed by atoms with Crippen LogP contribution in [0.2, 0.25) is 0 Å². The molecule has 1 unspecified atom stereocenters. The molecule has 0 aliphatic carbocycles. The Balaban J connectivity index is 2.13. The first-order chi connectivity index (χ1) is 10.8. The zero-order chi connectivity index (χ0) is 17.1. The molecular formula is C20H25NOS. The summed E-state index contributed by atoms with van der Waals surface area (Å²) in [6, 6.07) is 10.6. The van der Waals surface area contributed by atoms with Gasteiger partial charge in [-0.3, -0.25) is 4.79 Å². The van der Waals surface area contributed by atoms with E-state index in [4.69, 9.17) is 0 Å². The Morgan fingerprint density at radius 1 is 0.913 bits per heavy atom. The summed E-state index contributed by atoms with van der Waals surface area (Å²) in [5, 5.41) is 2.96. The topological polar surface area (TPSA) is 29.1 Å². The fourth-order valence-corrected chi connectivity index (χ4v) is 3.73. The molecule has 0 radical (unpaired) electrons. The van der Waals surface area contributed by atoms with Crippen LogP contribution in [-0.4, -0.2) is 11.2 Å². The van der Waals surface area contributed by atoms with Crippen LogP contribution < -0.4 is 5.32 Å². The Bertz CT molecular complexity index is 713. The minimum atomic E-state index is -0.143. The van der Waals surface area contributed by atoms with Crippen LogP contribution in [0.1, 0.15) is 34.7 Å². The predicted octanol–water partition coefficient (Wildman–Crippen LogP) is 5.35. The predicted molar refractivity (Wildman–Crippen MR) is 101 cm³/mol. The molecule has 122 valence electrons. The van der Waals surface area contributed by atoms with Gasteiger partial charge in [0.25, 0.3) is 0 Å². The molecule has 1 atom stereocenters. The molecule has 3 heteroatoms. The van der Waals surface area contributed by atoms with E-state index in [1.807, 2.05) is 20.8 Å². The van der Waals surface area contributed by atoms with Gasteiger partial charge >= 0.3 is 0 Å². The lowest BCUT2D eigenvalue weighted by molar-refractivity contribution is -0.115. The zero-order valence-corrected chi connectivity index (χ0v) is 15.6. The highest BCUT2D eigenvalue weighted by Crippen LogP contribution is 2.29. The van der Waals surface area contributed by atoms with Crippen molar-refractivity contribution in [1.82, 2.24) is 0 Å². The van der Waals surface area contributed by atoms with Crippen molar-refractivity contribution in [3.05, 3.63) is 58.1 Å². The van der Waals surface area contributed by atoms with Crippen molar-refractivity contribution in [2.45, 2.75) is 51.7 Å². The van der Waals surface area contributed by atoms with Crippen molar-refractivity contribution in [2.75, 3.05) is 5.32 Å². The number of carbonyl (C=O) groups excluding carboxylic acids is 1. The summed E-state index contributed by atoms with van der Waals surface area (Å²) in [4.78, 5) is 13.7. The maximum Gasteiger partial charge on any atom is 0.237 e. The first-order valence-corrected chi connectivity index (χ1v) is 8.78. The molecule has 2 nitrogen and oxygen atoms in total. The first kappa shape index (κ1) is 17.6. The molecule has 0 aliphatic rings. The Morgan fingerprint density at radius 3 is 2.13 bits per heavy atom. The fourth-order valence-electron chi connectivity index (χ4n) is 2.68.